The molecule has 1 fully saturated rings. The minimum atomic E-state index is -0.955. The molecule has 2 unspecified atom stereocenters. The third-order valence-electron chi connectivity index (χ3n) is 4.98. The highest BCUT2D eigenvalue weighted by molar-refractivity contribution is 5.91. The molecule has 1 aromatic carbocycles. The van der Waals surface area contributed by atoms with Crippen molar-refractivity contribution in [2.45, 2.75) is 57.4 Å². The van der Waals surface area contributed by atoms with E-state index in [-0.39, 0.29) is 11.8 Å². The van der Waals surface area contributed by atoms with Gasteiger partial charge in [-0.2, -0.15) is 0 Å². The lowest BCUT2D eigenvalue weighted by atomic mass is 9.77. The molecule has 0 radical (unpaired) electrons. The number of amides is 1. The maximum atomic E-state index is 12.9. The number of carbonyl (C=O) groups excluding carboxylic acids is 1. The highest BCUT2D eigenvalue weighted by atomic mass is 16.4. The van der Waals surface area contributed by atoms with E-state index >= 15 is 0 Å². The molecule has 1 saturated carbocycles. The van der Waals surface area contributed by atoms with Crippen LogP contribution in [0.2, 0.25) is 0 Å². The molecule has 0 spiro atoms. The Bertz CT molecular complexity index is 520. The lowest BCUT2D eigenvalue weighted by Gasteiger charge is -2.31. The molecule has 120 valence electrons. The Morgan fingerprint density at radius 1 is 1.23 bits per heavy atom. The third-order valence-corrected chi connectivity index (χ3v) is 4.98. The minimum Gasteiger partial charge on any atom is -0.480 e. The quantitative estimate of drug-likeness (QED) is 0.848. The largest absolute Gasteiger partial charge is 0.480 e. The number of rotatable bonds is 6. The molecule has 1 aromatic rings. The number of nitrogens with one attached hydrogen (secondary N) is 1. The standard InChI is InChI=1S/C18H25NO3/c1-3-13(2)15(16(20)21)19-17(22)18(11-7-8-12-18)14-9-5-4-6-10-14/h4-6,9-10,13,15H,3,7-8,11-12H2,1-2H3,(H,19,22)(H,20,21). The monoisotopic (exact) mass is 303 g/mol. The normalized spacial score (nSPS) is 19.4. The van der Waals surface area contributed by atoms with Crippen molar-refractivity contribution >= 4 is 11.9 Å². The predicted molar refractivity (Wildman–Crippen MR) is 85.6 cm³/mol. The number of carbonyl (C=O) groups is 2. The molecular formula is C18H25NO3. The molecule has 4 nitrogen and oxygen atoms in total. The van der Waals surface area contributed by atoms with Crippen LogP contribution < -0.4 is 5.32 Å². The van der Waals surface area contributed by atoms with Crippen LogP contribution in [-0.4, -0.2) is 23.0 Å². The summed E-state index contributed by atoms with van der Waals surface area (Å²) < 4.78 is 0. The van der Waals surface area contributed by atoms with Gasteiger partial charge >= 0.3 is 5.97 Å². The molecule has 4 heteroatoms. The highest BCUT2D eigenvalue weighted by Crippen LogP contribution is 2.41. The summed E-state index contributed by atoms with van der Waals surface area (Å²) in [5.41, 5.74) is 0.431. The van der Waals surface area contributed by atoms with E-state index in [1.807, 2.05) is 44.2 Å². The van der Waals surface area contributed by atoms with E-state index in [0.29, 0.717) is 0 Å². The molecule has 2 rings (SSSR count). The lowest BCUT2D eigenvalue weighted by molar-refractivity contribution is -0.144. The molecule has 0 bridgehead atoms. The van der Waals surface area contributed by atoms with E-state index in [0.717, 1.165) is 37.7 Å². The number of hydrogen-bond acceptors (Lipinski definition) is 2. The van der Waals surface area contributed by atoms with Gasteiger partial charge in [0.15, 0.2) is 0 Å². The third kappa shape index (κ3) is 3.16. The second-order valence-corrected chi connectivity index (χ2v) is 6.33. The molecule has 0 aromatic heterocycles. The lowest BCUT2D eigenvalue weighted by Crippen LogP contribution is -2.52. The molecule has 1 amide bonds. The SMILES string of the molecule is CCC(C)C(NC(=O)C1(c2ccccc2)CCCC1)C(=O)O. The number of benzene rings is 1. The van der Waals surface area contributed by atoms with Crippen LogP contribution in [0.5, 0.6) is 0 Å². The highest BCUT2D eigenvalue weighted by Gasteiger charge is 2.44. The van der Waals surface area contributed by atoms with Crippen molar-refractivity contribution in [3.05, 3.63) is 35.9 Å². The first kappa shape index (κ1) is 16.5. The van der Waals surface area contributed by atoms with E-state index in [9.17, 15) is 14.7 Å². The molecular weight excluding hydrogens is 278 g/mol. The van der Waals surface area contributed by atoms with Crippen molar-refractivity contribution in [3.8, 4) is 0 Å². The van der Waals surface area contributed by atoms with Crippen molar-refractivity contribution in [1.29, 1.82) is 0 Å². The Labute approximate surface area is 131 Å². The summed E-state index contributed by atoms with van der Waals surface area (Å²) in [7, 11) is 0. The fourth-order valence-corrected chi connectivity index (χ4v) is 3.35. The average Bonchev–Trinajstić information content (AvgIpc) is 3.03. The van der Waals surface area contributed by atoms with Crippen molar-refractivity contribution < 1.29 is 14.7 Å². The van der Waals surface area contributed by atoms with E-state index in [2.05, 4.69) is 5.32 Å². The maximum Gasteiger partial charge on any atom is 0.326 e. The Kier molecular flexibility index (Phi) is 5.22. The number of aliphatic carboxylic acids is 1. The maximum absolute atomic E-state index is 12.9. The van der Waals surface area contributed by atoms with Gasteiger partial charge in [0.25, 0.3) is 0 Å². The Hall–Kier alpha value is -1.84. The predicted octanol–water partition coefficient (Wildman–Crippen LogP) is 3.11. The number of carboxylic acids is 1. The number of carboxylic acid groups (broad SMARTS) is 1. The smallest absolute Gasteiger partial charge is 0.326 e. The van der Waals surface area contributed by atoms with Crippen LogP contribution in [0.25, 0.3) is 0 Å². The van der Waals surface area contributed by atoms with Gasteiger partial charge in [0, 0.05) is 0 Å². The van der Waals surface area contributed by atoms with Crippen molar-refractivity contribution in [2.75, 3.05) is 0 Å². The van der Waals surface area contributed by atoms with Gasteiger partial charge in [0.05, 0.1) is 5.41 Å². The second kappa shape index (κ2) is 6.95. The fraction of sp³-hybridized carbons (Fsp3) is 0.556. The molecule has 1 aliphatic carbocycles. The molecule has 0 heterocycles. The van der Waals surface area contributed by atoms with E-state index in [1.54, 1.807) is 0 Å². The van der Waals surface area contributed by atoms with Crippen LogP contribution in [0, 0.1) is 5.92 Å². The van der Waals surface area contributed by atoms with Gasteiger partial charge in [0.2, 0.25) is 5.91 Å². The average molecular weight is 303 g/mol. The first-order valence-electron chi connectivity index (χ1n) is 8.10. The summed E-state index contributed by atoms with van der Waals surface area (Å²) in [6.45, 7) is 3.80. The zero-order valence-corrected chi connectivity index (χ0v) is 13.3. The van der Waals surface area contributed by atoms with Crippen molar-refractivity contribution in [1.82, 2.24) is 5.32 Å². The summed E-state index contributed by atoms with van der Waals surface area (Å²) in [4.78, 5) is 24.4. The fourth-order valence-electron chi connectivity index (χ4n) is 3.35. The molecule has 0 saturated heterocycles. The molecule has 0 aliphatic heterocycles. The van der Waals surface area contributed by atoms with E-state index < -0.39 is 17.4 Å². The van der Waals surface area contributed by atoms with Crippen LogP contribution in [0.1, 0.15) is 51.5 Å². The Morgan fingerprint density at radius 3 is 2.32 bits per heavy atom. The summed E-state index contributed by atoms with van der Waals surface area (Å²) in [6, 6.07) is 8.94. The number of hydrogen-bond donors (Lipinski definition) is 2. The molecule has 22 heavy (non-hydrogen) atoms. The van der Waals surface area contributed by atoms with E-state index in [1.165, 1.54) is 0 Å². The molecule has 2 N–H and O–H groups in total. The Morgan fingerprint density at radius 2 is 1.82 bits per heavy atom. The van der Waals surface area contributed by atoms with Crippen molar-refractivity contribution in [2.24, 2.45) is 5.92 Å². The van der Waals surface area contributed by atoms with Gasteiger partial charge in [-0.25, -0.2) is 4.79 Å². The minimum absolute atomic E-state index is 0.0873. The topological polar surface area (TPSA) is 66.4 Å². The van der Waals surface area contributed by atoms with Crippen molar-refractivity contribution in [3.63, 3.8) is 0 Å². The van der Waals surface area contributed by atoms with Crippen LogP contribution >= 0.6 is 0 Å². The van der Waals surface area contributed by atoms with Crippen LogP contribution in [0.4, 0.5) is 0 Å². The van der Waals surface area contributed by atoms with Crippen LogP contribution in [0.3, 0.4) is 0 Å². The zero-order valence-electron chi connectivity index (χ0n) is 13.3. The summed E-state index contributed by atoms with van der Waals surface area (Å²) in [5.74, 6) is -1.18. The van der Waals surface area contributed by atoms with Crippen LogP contribution in [-0.2, 0) is 15.0 Å². The first-order chi connectivity index (χ1) is 10.5. The summed E-state index contributed by atoms with van der Waals surface area (Å²) in [6.07, 6.45) is 4.30. The molecule has 1 aliphatic rings. The zero-order chi connectivity index (χ0) is 16.2. The van der Waals surface area contributed by atoms with Gasteiger partial charge in [-0.05, 0) is 24.3 Å². The molecule has 2 atom stereocenters. The van der Waals surface area contributed by atoms with Gasteiger partial charge in [0.1, 0.15) is 6.04 Å². The summed E-state index contributed by atoms with van der Waals surface area (Å²) >= 11 is 0. The van der Waals surface area contributed by atoms with Gasteiger partial charge < -0.3 is 10.4 Å². The summed E-state index contributed by atoms with van der Waals surface area (Å²) in [5, 5.41) is 12.2. The first-order valence-corrected chi connectivity index (χ1v) is 8.10. The van der Waals surface area contributed by atoms with Gasteiger partial charge in [-0.15, -0.1) is 0 Å². The van der Waals surface area contributed by atoms with E-state index in [4.69, 9.17) is 0 Å². The van der Waals surface area contributed by atoms with Gasteiger partial charge in [-0.1, -0.05) is 63.4 Å². The second-order valence-electron chi connectivity index (χ2n) is 6.33. The van der Waals surface area contributed by atoms with Gasteiger partial charge in [-0.3, -0.25) is 4.79 Å². The Balaban J connectivity index is 2.26. The van der Waals surface area contributed by atoms with Crippen LogP contribution in [0.15, 0.2) is 30.3 Å².